The van der Waals surface area contributed by atoms with Gasteiger partial charge in [0, 0.05) is 22.7 Å². The molecular weight excluding hydrogens is 254 g/mol. The Hall–Kier alpha value is -1.63. The van der Waals surface area contributed by atoms with Crippen LogP contribution in [-0.2, 0) is 7.05 Å². The zero-order valence-electron chi connectivity index (χ0n) is 16.9. The van der Waals surface area contributed by atoms with Crippen molar-refractivity contribution in [3.63, 3.8) is 0 Å². The molecule has 0 saturated heterocycles. The number of aromatic nitrogens is 1. The Balaban J connectivity index is 1.96. The normalized spacial score (nSPS) is 21.0. The van der Waals surface area contributed by atoms with Crippen molar-refractivity contribution in [1.29, 1.82) is 0 Å². The Kier molecular flexibility index (Phi) is 2.91. The maximum absolute atomic E-state index is 8.80. The summed E-state index contributed by atoms with van der Waals surface area (Å²) in [5.41, 5.74) is 4.48. The van der Waals surface area contributed by atoms with E-state index in [4.69, 9.17) is 5.48 Å². The first-order valence-electron chi connectivity index (χ1n) is 9.82. The molecule has 1 aliphatic carbocycles. The fourth-order valence-electron chi connectivity index (χ4n) is 3.31. The van der Waals surface area contributed by atoms with Crippen LogP contribution in [0, 0.1) is 13.8 Å². The highest BCUT2D eigenvalue weighted by molar-refractivity contribution is 5.61. The zero-order valence-corrected chi connectivity index (χ0v) is 12.9. The van der Waals surface area contributed by atoms with Crippen LogP contribution >= 0.6 is 0 Å². The van der Waals surface area contributed by atoms with Gasteiger partial charge in [-0.05, 0) is 50.2 Å². The molecule has 0 atom stereocenters. The first-order valence-corrected chi connectivity index (χ1v) is 7.82. The number of pyridine rings is 1. The van der Waals surface area contributed by atoms with Crippen LogP contribution in [0.15, 0.2) is 36.5 Å². The summed E-state index contributed by atoms with van der Waals surface area (Å²) in [5.74, 6) is -0.464. The van der Waals surface area contributed by atoms with Gasteiger partial charge in [0.25, 0.3) is 0 Å². The van der Waals surface area contributed by atoms with Crippen LogP contribution in [0.2, 0.25) is 0 Å². The number of nitrogens with zero attached hydrogens (tertiary/aromatic N) is 1. The van der Waals surface area contributed by atoms with Crippen LogP contribution in [0.5, 0.6) is 0 Å². The minimum atomic E-state index is -2.08. The highest BCUT2D eigenvalue weighted by Gasteiger charge is 2.20. The van der Waals surface area contributed by atoms with E-state index in [0.717, 1.165) is 48.1 Å². The van der Waals surface area contributed by atoms with Gasteiger partial charge in [0.15, 0.2) is 6.20 Å². The quantitative estimate of drug-likeness (QED) is 0.695. The van der Waals surface area contributed by atoms with E-state index in [9.17, 15) is 0 Å². The minimum absolute atomic E-state index is 0.375. The van der Waals surface area contributed by atoms with Gasteiger partial charge in [-0.1, -0.05) is 37.0 Å². The van der Waals surface area contributed by atoms with Gasteiger partial charge in [-0.25, -0.2) is 4.57 Å². The van der Waals surface area contributed by atoms with Crippen molar-refractivity contribution < 1.29 is 10.1 Å². The second kappa shape index (κ2) is 6.01. The van der Waals surface area contributed by atoms with E-state index in [-0.39, 0.29) is 0 Å². The van der Waals surface area contributed by atoms with Crippen LogP contribution < -0.4 is 4.57 Å². The van der Waals surface area contributed by atoms with Crippen molar-refractivity contribution in [3.05, 3.63) is 53.2 Å². The molecule has 0 unspecified atom stereocenters. The Labute approximate surface area is 134 Å². The fourth-order valence-corrected chi connectivity index (χ4v) is 3.31. The molecule has 0 N–H and O–H groups in total. The monoisotopic (exact) mass is 284 g/mol. The molecule has 0 spiro atoms. The number of benzene rings is 1. The lowest BCUT2D eigenvalue weighted by atomic mass is 9.84. The van der Waals surface area contributed by atoms with Gasteiger partial charge in [-0.2, -0.15) is 0 Å². The molecule has 21 heavy (non-hydrogen) atoms. The first-order chi connectivity index (χ1) is 11.7. The third kappa shape index (κ3) is 3.02. The van der Waals surface area contributed by atoms with Crippen LogP contribution in [0.1, 0.15) is 60.2 Å². The molecule has 110 valence electrons. The summed E-state index contributed by atoms with van der Waals surface area (Å²) in [7, 11) is 2.00. The van der Waals surface area contributed by atoms with E-state index in [2.05, 4.69) is 22.9 Å². The summed E-state index contributed by atoms with van der Waals surface area (Å²) in [4.78, 5) is 0. The predicted molar refractivity (Wildman–Crippen MR) is 88.4 cm³/mol. The van der Waals surface area contributed by atoms with Crippen LogP contribution in [0.4, 0.5) is 0 Å². The van der Waals surface area contributed by atoms with Gasteiger partial charge in [0.05, 0.1) is 0 Å². The largest absolute Gasteiger partial charge is 0.212 e. The minimum Gasteiger partial charge on any atom is -0.201 e. The molecule has 1 fully saturated rings. The predicted octanol–water partition coefficient (Wildman–Crippen LogP) is 4.84. The molecule has 2 aromatic rings. The summed E-state index contributed by atoms with van der Waals surface area (Å²) in [6.45, 7) is -0.125. The highest BCUT2D eigenvalue weighted by Crippen LogP contribution is 2.32. The summed E-state index contributed by atoms with van der Waals surface area (Å²) in [6, 6.07) is 9.48. The standard InChI is InChI=1S/C20H26N/c1-15-9-11-19(16(2)13-15)20-12-10-18(14-21(20)3)17-7-5-4-6-8-17/h9-14,17H,4-8H2,1-3H3/q+1/i1D3,17D. The molecule has 0 radical (unpaired) electrons. The van der Waals surface area contributed by atoms with Crippen LogP contribution in [0.3, 0.4) is 0 Å². The Morgan fingerprint density at radius 3 is 2.62 bits per heavy atom. The molecular formula is C20H26N+. The van der Waals surface area contributed by atoms with Gasteiger partial charge < -0.3 is 0 Å². The van der Waals surface area contributed by atoms with Crippen molar-refractivity contribution in [2.45, 2.75) is 51.8 Å². The summed E-state index contributed by atoms with van der Waals surface area (Å²) < 4.78 is 33.5. The van der Waals surface area contributed by atoms with Crippen LogP contribution in [0.25, 0.3) is 11.3 Å². The molecule has 0 amide bonds. The maximum Gasteiger partial charge on any atom is 0.212 e. The van der Waals surface area contributed by atoms with Gasteiger partial charge in [-0.15, -0.1) is 0 Å². The molecule has 1 aromatic heterocycles. The number of hydrogen-bond acceptors (Lipinski definition) is 0. The molecule has 1 heterocycles. The molecule has 0 bridgehead atoms. The molecule has 0 aliphatic heterocycles. The van der Waals surface area contributed by atoms with E-state index >= 15 is 0 Å². The molecule has 1 heteroatoms. The molecule has 1 saturated carbocycles. The molecule has 1 aromatic carbocycles. The average molecular weight is 284 g/mol. The Bertz CT molecular complexity index is 774. The topological polar surface area (TPSA) is 3.88 Å². The van der Waals surface area contributed by atoms with Gasteiger partial charge in [0.1, 0.15) is 7.05 Å². The molecule has 1 aliphatic rings. The lowest BCUT2D eigenvalue weighted by molar-refractivity contribution is -0.660. The lowest BCUT2D eigenvalue weighted by Crippen LogP contribution is -2.32. The SMILES string of the molecule is [2H]C([2H])([2H])c1ccc(-c2ccc(C3([2H])CCCCC3)c[n+]2C)c(C)c1. The number of rotatable bonds is 2. The van der Waals surface area contributed by atoms with Gasteiger partial charge >= 0.3 is 0 Å². The summed E-state index contributed by atoms with van der Waals surface area (Å²) in [6.07, 6.45) is 7.43. The lowest BCUT2D eigenvalue weighted by Gasteiger charge is -2.21. The van der Waals surface area contributed by atoms with E-state index in [1.165, 1.54) is 6.42 Å². The van der Waals surface area contributed by atoms with E-state index in [0.29, 0.717) is 5.56 Å². The number of aryl methyl sites for hydroxylation is 3. The summed E-state index contributed by atoms with van der Waals surface area (Å²) in [5, 5.41) is 0. The van der Waals surface area contributed by atoms with E-state index < -0.39 is 12.7 Å². The average Bonchev–Trinajstić information content (AvgIpc) is 2.55. The molecule has 3 rings (SSSR count). The Morgan fingerprint density at radius 2 is 1.95 bits per heavy atom. The van der Waals surface area contributed by atoms with Gasteiger partial charge in [0.2, 0.25) is 5.69 Å². The smallest absolute Gasteiger partial charge is 0.201 e. The fraction of sp³-hybridized carbons (Fsp3) is 0.450. The van der Waals surface area contributed by atoms with Crippen LogP contribution in [-0.4, -0.2) is 0 Å². The van der Waals surface area contributed by atoms with Gasteiger partial charge in [-0.3, -0.25) is 0 Å². The van der Waals surface area contributed by atoms with Crippen molar-refractivity contribution >= 4 is 0 Å². The van der Waals surface area contributed by atoms with Crippen molar-refractivity contribution in [1.82, 2.24) is 0 Å². The second-order valence-electron chi connectivity index (χ2n) is 6.11. The van der Waals surface area contributed by atoms with Crippen molar-refractivity contribution in [2.24, 2.45) is 7.05 Å². The zero-order chi connectivity index (χ0) is 18.2. The van der Waals surface area contributed by atoms with E-state index in [1.54, 1.807) is 12.1 Å². The van der Waals surface area contributed by atoms with Crippen molar-refractivity contribution in [2.75, 3.05) is 0 Å². The third-order valence-corrected chi connectivity index (χ3v) is 4.50. The maximum atomic E-state index is 8.80. The summed E-state index contributed by atoms with van der Waals surface area (Å²) >= 11 is 0. The molecule has 1 nitrogen and oxygen atoms in total. The third-order valence-electron chi connectivity index (χ3n) is 4.50. The van der Waals surface area contributed by atoms with Crippen molar-refractivity contribution in [3.8, 4) is 11.3 Å². The first kappa shape index (κ1) is 10.2. The van der Waals surface area contributed by atoms with E-state index in [1.807, 2.05) is 20.0 Å². The second-order valence-corrected chi connectivity index (χ2v) is 6.11. The number of hydrogen-bond donors (Lipinski definition) is 0. The Morgan fingerprint density at radius 1 is 1.14 bits per heavy atom. The highest BCUT2D eigenvalue weighted by atomic mass is 14.9.